The van der Waals surface area contributed by atoms with Crippen LogP contribution < -0.4 is 0 Å². The summed E-state index contributed by atoms with van der Waals surface area (Å²) in [5, 5.41) is 22.4. The molecule has 1 fully saturated rings. The van der Waals surface area contributed by atoms with Crippen LogP contribution in [0.2, 0.25) is 0 Å². The van der Waals surface area contributed by atoms with Crippen LogP contribution in [0.15, 0.2) is 16.8 Å². The molecule has 0 amide bonds. The maximum absolute atomic E-state index is 9.75. The van der Waals surface area contributed by atoms with E-state index < -0.39 is 5.60 Å². The van der Waals surface area contributed by atoms with Crippen LogP contribution in [0.4, 0.5) is 0 Å². The first-order valence-electron chi connectivity index (χ1n) is 4.55. The highest BCUT2D eigenvalue weighted by Crippen LogP contribution is 2.25. The predicted octanol–water partition coefficient (Wildman–Crippen LogP) is 1.21. The minimum atomic E-state index is -0.745. The standard InChI is InChI=1S/C10H12N2OS/c11-3-2-10(13)7-12(8-10)5-9-1-4-14-6-9/h1,4,6,13H,2,5,7-8H2. The fourth-order valence-corrected chi connectivity index (χ4v) is 2.46. The Morgan fingerprint density at radius 2 is 2.43 bits per heavy atom. The van der Waals surface area contributed by atoms with E-state index in [2.05, 4.69) is 21.7 Å². The Bertz CT molecular complexity index is 336. The molecule has 1 aromatic heterocycles. The second kappa shape index (κ2) is 3.70. The lowest BCUT2D eigenvalue weighted by atomic mass is 9.91. The van der Waals surface area contributed by atoms with Crippen molar-refractivity contribution in [3.63, 3.8) is 0 Å². The Balaban J connectivity index is 1.81. The fourth-order valence-electron chi connectivity index (χ4n) is 1.80. The second-order valence-corrected chi connectivity index (χ2v) is 4.62. The molecule has 0 saturated carbocycles. The number of aliphatic hydroxyl groups is 1. The van der Waals surface area contributed by atoms with Crippen molar-refractivity contribution in [2.45, 2.75) is 18.6 Å². The first-order chi connectivity index (χ1) is 6.72. The molecule has 74 valence electrons. The number of rotatable bonds is 3. The maximum Gasteiger partial charge on any atom is 0.103 e. The van der Waals surface area contributed by atoms with Gasteiger partial charge in [-0.3, -0.25) is 4.90 Å². The summed E-state index contributed by atoms with van der Waals surface area (Å²) in [5.74, 6) is 0. The van der Waals surface area contributed by atoms with E-state index in [0.717, 1.165) is 6.54 Å². The van der Waals surface area contributed by atoms with Crippen LogP contribution in [0, 0.1) is 11.3 Å². The van der Waals surface area contributed by atoms with Crippen molar-refractivity contribution >= 4 is 11.3 Å². The van der Waals surface area contributed by atoms with Crippen molar-refractivity contribution in [3.8, 4) is 6.07 Å². The molecule has 2 heterocycles. The molecule has 1 N–H and O–H groups in total. The number of nitrogens with zero attached hydrogens (tertiary/aromatic N) is 2. The minimum absolute atomic E-state index is 0.243. The lowest BCUT2D eigenvalue weighted by molar-refractivity contribution is -0.0974. The van der Waals surface area contributed by atoms with Crippen LogP contribution in [-0.2, 0) is 6.54 Å². The lowest BCUT2D eigenvalue weighted by Gasteiger charge is -2.45. The first-order valence-corrected chi connectivity index (χ1v) is 5.49. The van der Waals surface area contributed by atoms with E-state index >= 15 is 0 Å². The Morgan fingerprint density at radius 1 is 1.64 bits per heavy atom. The molecule has 0 radical (unpaired) electrons. The quantitative estimate of drug-likeness (QED) is 0.812. The Hall–Kier alpha value is -0.890. The smallest absolute Gasteiger partial charge is 0.103 e. The van der Waals surface area contributed by atoms with E-state index in [1.54, 1.807) is 11.3 Å². The number of β-amino-alcohol motifs (C(OH)–C–C–N with tert-alkyl or cyclic N) is 1. The molecule has 0 aromatic carbocycles. The summed E-state index contributed by atoms with van der Waals surface area (Å²) in [6, 6.07) is 4.10. The summed E-state index contributed by atoms with van der Waals surface area (Å²) in [4.78, 5) is 2.15. The molecule has 1 saturated heterocycles. The molecule has 2 rings (SSSR count). The normalized spacial score (nSPS) is 20.0. The second-order valence-electron chi connectivity index (χ2n) is 3.84. The van der Waals surface area contributed by atoms with Crippen molar-refractivity contribution in [2.75, 3.05) is 13.1 Å². The Morgan fingerprint density at radius 3 is 3.00 bits per heavy atom. The third-order valence-corrected chi connectivity index (χ3v) is 3.16. The third-order valence-electron chi connectivity index (χ3n) is 2.43. The van der Waals surface area contributed by atoms with Gasteiger partial charge < -0.3 is 5.11 Å². The molecule has 0 unspecified atom stereocenters. The lowest BCUT2D eigenvalue weighted by Crippen LogP contribution is -2.60. The van der Waals surface area contributed by atoms with Crippen LogP contribution in [0.3, 0.4) is 0 Å². The van der Waals surface area contributed by atoms with E-state index in [-0.39, 0.29) is 6.42 Å². The van der Waals surface area contributed by atoms with Gasteiger partial charge in [-0.25, -0.2) is 0 Å². The number of hydrogen-bond acceptors (Lipinski definition) is 4. The molecular formula is C10H12N2OS. The molecule has 1 aliphatic rings. The number of hydrogen-bond donors (Lipinski definition) is 1. The van der Waals surface area contributed by atoms with E-state index in [1.165, 1.54) is 5.56 Å². The van der Waals surface area contributed by atoms with Gasteiger partial charge in [0.2, 0.25) is 0 Å². The summed E-state index contributed by atoms with van der Waals surface area (Å²) < 4.78 is 0. The van der Waals surface area contributed by atoms with Gasteiger partial charge in [0.15, 0.2) is 0 Å². The van der Waals surface area contributed by atoms with E-state index in [9.17, 15) is 5.11 Å². The Kier molecular flexibility index (Phi) is 2.55. The summed E-state index contributed by atoms with van der Waals surface area (Å²) in [6.45, 7) is 2.13. The van der Waals surface area contributed by atoms with Gasteiger partial charge in [0.25, 0.3) is 0 Å². The molecule has 14 heavy (non-hydrogen) atoms. The molecule has 0 bridgehead atoms. The number of likely N-dealkylation sites (tertiary alicyclic amines) is 1. The van der Waals surface area contributed by atoms with E-state index in [0.29, 0.717) is 13.1 Å². The van der Waals surface area contributed by atoms with Gasteiger partial charge in [0.05, 0.1) is 12.5 Å². The summed E-state index contributed by atoms with van der Waals surface area (Å²) in [6.07, 6.45) is 0.243. The largest absolute Gasteiger partial charge is 0.386 e. The highest BCUT2D eigenvalue weighted by Gasteiger charge is 2.40. The van der Waals surface area contributed by atoms with Gasteiger partial charge in [-0.15, -0.1) is 0 Å². The van der Waals surface area contributed by atoms with Crippen LogP contribution in [0.1, 0.15) is 12.0 Å². The number of thiophene rings is 1. The third kappa shape index (κ3) is 1.95. The predicted molar refractivity (Wildman–Crippen MR) is 54.8 cm³/mol. The maximum atomic E-state index is 9.75. The monoisotopic (exact) mass is 208 g/mol. The highest BCUT2D eigenvalue weighted by atomic mass is 32.1. The molecule has 3 nitrogen and oxygen atoms in total. The van der Waals surface area contributed by atoms with Crippen molar-refractivity contribution in [2.24, 2.45) is 0 Å². The average Bonchev–Trinajstić information content (AvgIpc) is 2.54. The molecule has 0 atom stereocenters. The SMILES string of the molecule is N#CCC1(O)CN(Cc2ccsc2)C1. The molecule has 0 spiro atoms. The summed E-state index contributed by atoms with van der Waals surface area (Å²) in [5.41, 5.74) is 0.541. The number of nitriles is 1. The minimum Gasteiger partial charge on any atom is -0.386 e. The highest BCUT2D eigenvalue weighted by molar-refractivity contribution is 7.07. The van der Waals surface area contributed by atoms with Gasteiger partial charge in [0.1, 0.15) is 5.60 Å². The van der Waals surface area contributed by atoms with Crippen molar-refractivity contribution in [1.82, 2.24) is 4.90 Å². The topological polar surface area (TPSA) is 47.3 Å². The van der Waals surface area contributed by atoms with Gasteiger partial charge in [-0.05, 0) is 22.4 Å². The van der Waals surface area contributed by atoms with Gasteiger partial charge >= 0.3 is 0 Å². The van der Waals surface area contributed by atoms with E-state index in [1.807, 2.05) is 6.07 Å². The van der Waals surface area contributed by atoms with Crippen LogP contribution in [-0.4, -0.2) is 28.7 Å². The average molecular weight is 208 g/mol. The molecule has 1 aromatic rings. The van der Waals surface area contributed by atoms with Gasteiger partial charge in [0, 0.05) is 19.6 Å². The van der Waals surface area contributed by atoms with E-state index in [4.69, 9.17) is 5.26 Å². The van der Waals surface area contributed by atoms with Crippen LogP contribution >= 0.6 is 11.3 Å². The molecule has 1 aliphatic heterocycles. The molecule has 4 heteroatoms. The first kappa shape index (κ1) is 9.66. The van der Waals surface area contributed by atoms with Gasteiger partial charge in [-0.2, -0.15) is 16.6 Å². The molecular weight excluding hydrogens is 196 g/mol. The summed E-state index contributed by atoms with van der Waals surface area (Å²) in [7, 11) is 0. The van der Waals surface area contributed by atoms with Crippen LogP contribution in [0.25, 0.3) is 0 Å². The molecule has 0 aliphatic carbocycles. The van der Waals surface area contributed by atoms with Crippen molar-refractivity contribution < 1.29 is 5.11 Å². The fraction of sp³-hybridized carbons (Fsp3) is 0.500. The zero-order valence-corrected chi connectivity index (χ0v) is 8.63. The van der Waals surface area contributed by atoms with Crippen LogP contribution in [0.5, 0.6) is 0 Å². The zero-order chi connectivity index (χ0) is 10.0. The summed E-state index contributed by atoms with van der Waals surface area (Å²) >= 11 is 1.68. The van der Waals surface area contributed by atoms with Crippen molar-refractivity contribution in [1.29, 1.82) is 5.26 Å². The Labute approximate surface area is 87.2 Å². The van der Waals surface area contributed by atoms with Gasteiger partial charge in [-0.1, -0.05) is 0 Å². The zero-order valence-electron chi connectivity index (χ0n) is 7.81. The van der Waals surface area contributed by atoms with Crippen molar-refractivity contribution in [3.05, 3.63) is 22.4 Å².